The number of hydrogen-bond acceptors (Lipinski definition) is 3. The van der Waals surface area contributed by atoms with Gasteiger partial charge in [0, 0.05) is 10.7 Å². The number of rotatable bonds is 3. The molecule has 4 nitrogen and oxygen atoms in total. The Morgan fingerprint density at radius 1 is 1.29 bits per heavy atom. The van der Waals surface area contributed by atoms with Crippen LogP contribution in [0.3, 0.4) is 0 Å². The Hall–Kier alpha value is -0.260. The Kier molecular flexibility index (Phi) is 6.50. The zero-order valence-corrected chi connectivity index (χ0v) is 18.4. The first kappa shape index (κ1) is 21.8. The van der Waals surface area contributed by atoms with Crippen molar-refractivity contribution in [1.29, 1.82) is 0 Å². The smallest absolute Gasteiger partial charge is 0.232 e. The predicted octanol–water partition coefficient (Wildman–Crippen LogP) is 4.42. The van der Waals surface area contributed by atoms with Crippen LogP contribution >= 0.6 is 10.3 Å². The first-order valence-electron chi connectivity index (χ1n) is 9.18. The van der Waals surface area contributed by atoms with Crippen molar-refractivity contribution in [2.45, 2.75) is 84.9 Å². The van der Waals surface area contributed by atoms with Crippen LogP contribution in [0.2, 0.25) is 0 Å². The normalized spacial score (nSPS) is 31.4. The van der Waals surface area contributed by atoms with E-state index in [2.05, 4.69) is 47.1 Å². The lowest BCUT2D eigenvalue weighted by Gasteiger charge is -2.61. The van der Waals surface area contributed by atoms with Crippen molar-refractivity contribution in [3.63, 3.8) is 0 Å². The van der Waals surface area contributed by atoms with E-state index in [1.807, 2.05) is 32.6 Å². The van der Waals surface area contributed by atoms with Crippen molar-refractivity contribution in [2.75, 3.05) is 19.1 Å². The van der Waals surface area contributed by atoms with Crippen LogP contribution in [0.5, 0.6) is 0 Å². The predicted molar refractivity (Wildman–Crippen MR) is 104 cm³/mol. The number of ether oxygens (including phenoxy) is 1. The van der Waals surface area contributed by atoms with Gasteiger partial charge in [-0.2, -0.15) is 0 Å². The van der Waals surface area contributed by atoms with Crippen molar-refractivity contribution in [2.24, 2.45) is 11.8 Å². The molecule has 2 saturated heterocycles. The van der Waals surface area contributed by atoms with Crippen LogP contribution in [0.25, 0.3) is 0 Å². The topological polar surface area (TPSA) is 38.8 Å². The summed E-state index contributed by atoms with van der Waals surface area (Å²) in [5.74, 6) is 0.500. The first-order valence-corrected chi connectivity index (χ1v) is 11.6. The van der Waals surface area contributed by atoms with Gasteiger partial charge in [0.2, 0.25) is 5.91 Å². The number of carbonyl (C=O) groups is 1. The second-order valence-corrected chi connectivity index (χ2v) is 12.5. The molecule has 24 heavy (non-hydrogen) atoms. The van der Waals surface area contributed by atoms with E-state index in [0.29, 0.717) is 12.5 Å². The average Bonchev–Trinajstić information content (AvgIpc) is 2.41. The molecule has 2 fully saturated rings. The second kappa shape index (κ2) is 7.16. The van der Waals surface area contributed by atoms with Crippen molar-refractivity contribution in [1.82, 2.24) is 4.90 Å². The van der Waals surface area contributed by atoms with Crippen molar-refractivity contribution in [3.8, 4) is 0 Å². The molecule has 2 rings (SSSR count). The molecule has 0 spiro atoms. The summed E-state index contributed by atoms with van der Waals surface area (Å²) in [7, 11) is -1.23. The lowest BCUT2D eigenvalue weighted by molar-refractivity contribution is -0.253. The third-order valence-electron chi connectivity index (χ3n) is 5.42. The van der Waals surface area contributed by atoms with Gasteiger partial charge in [0.25, 0.3) is 0 Å². The van der Waals surface area contributed by atoms with Crippen LogP contribution in [-0.4, -0.2) is 52.5 Å². The van der Waals surface area contributed by atoms with Gasteiger partial charge in [0.15, 0.2) is 0 Å². The highest BCUT2D eigenvalue weighted by Crippen LogP contribution is 2.56. The number of carbonyl (C=O) groups excluding carboxylic acids is 1. The van der Waals surface area contributed by atoms with Crippen LogP contribution in [0.15, 0.2) is 0 Å². The molecule has 144 valence electrons. The minimum Gasteiger partial charge on any atom is -0.356 e. The van der Waals surface area contributed by atoms with Gasteiger partial charge in [-0.25, -0.2) is 0 Å². The Morgan fingerprint density at radius 2 is 1.79 bits per heavy atom. The monoisotopic (exact) mass is 361 g/mol. The molecule has 2 heterocycles. The third kappa shape index (κ3) is 3.78. The van der Waals surface area contributed by atoms with Crippen molar-refractivity contribution < 1.29 is 13.7 Å². The van der Waals surface area contributed by atoms with Gasteiger partial charge in [-0.1, -0.05) is 41.5 Å². The fourth-order valence-electron chi connectivity index (χ4n) is 3.33. The van der Waals surface area contributed by atoms with Gasteiger partial charge in [-0.3, -0.25) is 4.79 Å². The molecule has 0 aromatic carbocycles. The quantitative estimate of drug-likeness (QED) is 0.698. The Morgan fingerprint density at radius 3 is 2.25 bits per heavy atom. The minimum absolute atomic E-state index is 0.0349. The molecular formula is C19H39NO3S. The summed E-state index contributed by atoms with van der Waals surface area (Å²) in [5, 5.41) is 0. The standard InChI is InChI=1S/C17H33NO3S.C2H6/c1-11-10-20-17(6,7)18-14(11)13(15(18)19)12(2)21-22(8,9)16(3,4)5;1-2/h11-14H,10H2,1-9H3;1-2H3. The van der Waals surface area contributed by atoms with Crippen LogP contribution in [0, 0.1) is 11.8 Å². The fourth-order valence-corrected chi connectivity index (χ4v) is 4.50. The molecule has 4 unspecified atom stereocenters. The summed E-state index contributed by atoms with van der Waals surface area (Å²) in [6.07, 6.45) is 4.35. The molecule has 2 aliphatic rings. The summed E-state index contributed by atoms with van der Waals surface area (Å²) in [4.78, 5) is 14.6. The lowest BCUT2D eigenvalue weighted by Crippen LogP contribution is -2.75. The van der Waals surface area contributed by atoms with Gasteiger partial charge in [0.05, 0.1) is 24.7 Å². The molecule has 0 bridgehead atoms. The highest BCUT2D eigenvalue weighted by molar-refractivity contribution is 8.29. The van der Waals surface area contributed by atoms with E-state index in [1.54, 1.807) is 0 Å². The minimum atomic E-state index is -1.23. The maximum atomic E-state index is 12.7. The molecule has 0 aromatic heterocycles. The molecule has 0 N–H and O–H groups in total. The van der Waals surface area contributed by atoms with Crippen LogP contribution in [0.1, 0.15) is 62.3 Å². The zero-order valence-electron chi connectivity index (χ0n) is 17.6. The van der Waals surface area contributed by atoms with E-state index in [4.69, 9.17) is 8.92 Å². The molecule has 0 saturated carbocycles. The number of hydrogen-bond donors (Lipinski definition) is 0. The van der Waals surface area contributed by atoms with Crippen molar-refractivity contribution in [3.05, 3.63) is 0 Å². The van der Waals surface area contributed by atoms with E-state index in [1.165, 1.54) is 0 Å². The van der Waals surface area contributed by atoms with Crippen LogP contribution in [-0.2, 0) is 13.7 Å². The first-order chi connectivity index (χ1) is 10.8. The molecule has 1 amide bonds. The Balaban J connectivity index is 0.00000139. The summed E-state index contributed by atoms with van der Waals surface area (Å²) >= 11 is 0. The van der Waals surface area contributed by atoms with Gasteiger partial charge in [0.1, 0.15) is 5.72 Å². The fraction of sp³-hybridized carbons (Fsp3) is 0.947. The molecule has 0 aromatic rings. The van der Waals surface area contributed by atoms with Gasteiger partial charge >= 0.3 is 0 Å². The Labute approximate surface area is 151 Å². The molecule has 4 atom stereocenters. The van der Waals surface area contributed by atoms with E-state index in [9.17, 15) is 4.79 Å². The summed E-state index contributed by atoms with van der Waals surface area (Å²) < 4.78 is 12.4. The summed E-state index contributed by atoms with van der Waals surface area (Å²) in [5.41, 5.74) is -0.489. The number of fused-ring (bicyclic) bond motifs is 1. The van der Waals surface area contributed by atoms with Gasteiger partial charge < -0.3 is 13.8 Å². The molecular weight excluding hydrogens is 322 g/mol. The average molecular weight is 362 g/mol. The van der Waals surface area contributed by atoms with E-state index >= 15 is 0 Å². The Bertz CT molecular complexity index is 456. The summed E-state index contributed by atoms with van der Waals surface area (Å²) in [6, 6.07) is 0.237. The molecule has 0 aliphatic carbocycles. The molecule has 2 aliphatic heterocycles. The van der Waals surface area contributed by atoms with E-state index < -0.39 is 16.0 Å². The zero-order chi connectivity index (χ0) is 19.1. The van der Waals surface area contributed by atoms with E-state index in [0.717, 1.165) is 0 Å². The third-order valence-corrected chi connectivity index (χ3v) is 9.16. The summed E-state index contributed by atoms with van der Waals surface area (Å²) in [6.45, 7) is 19.5. The highest BCUT2D eigenvalue weighted by Gasteiger charge is 2.60. The van der Waals surface area contributed by atoms with Crippen molar-refractivity contribution >= 4 is 16.2 Å². The number of nitrogens with zero attached hydrogens (tertiary/aromatic N) is 1. The lowest BCUT2D eigenvalue weighted by atomic mass is 9.74. The largest absolute Gasteiger partial charge is 0.356 e. The highest BCUT2D eigenvalue weighted by atomic mass is 32.3. The molecule has 5 heteroatoms. The van der Waals surface area contributed by atoms with E-state index in [-0.39, 0.29) is 28.7 Å². The number of amides is 1. The number of β-lactam (4-membered cyclic amide) rings is 1. The van der Waals surface area contributed by atoms with Gasteiger partial charge in [-0.15, -0.1) is 10.3 Å². The van der Waals surface area contributed by atoms with Crippen LogP contribution in [0.4, 0.5) is 0 Å². The van der Waals surface area contributed by atoms with Crippen LogP contribution < -0.4 is 0 Å². The SMILES string of the molecule is CC.CC1COC(C)(C)N2C(=O)C(C(C)OS(C)(C)C(C)(C)C)C12. The maximum Gasteiger partial charge on any atom is 0.232 e. The second-order valence-electron chi connectivity index (χ2n) is 8.61. The molecule has 0 radical (unpaired) electrons. The maximum absolute atomic E-state index is 12.7. The van der Waals surface area contributed by atoms with Gasteiger partial charge in [-0.05, 0) is 33.3 Å².